The van der Waals surface area contributed by atoms with E-state index >= 15 is 0 Å². The topological polar surface area (TPSA) is 26.3 Å². The molecule has 0 amide bonds. The average molecular weight is 82.9 g/mol. The first-order valence-electron chi connectivity index (χ1n) is 1.84. The highest BCUT2D eigenvalue weighted by Gasteiger charge is 2.28. The fourth-order valence-electron chi connectivity index (χ4n) is 0.260. The van der Waals surface area contributed by atoms with Crippen LogP contribution in [0.5, 0.6) is 0 Å². The fourth-order valence-corrected chi connectivity index (χ4v) is 0.260. The van der Waals surface area contributed by atoms with Gasteiger partial charge < -0.3 is 4.65 Å². The molecular weight excluding hydrogens is 78.8 g/mol. The van der Waals surface area contributed by atoms with Crippen molar-refractivity contribution in [3.05, 3.63) is 0 Å². The molecule has 1 heterocycles. The molecule has 1 aliphatic rings. The van der Waals surface area contributed by atoms with Crippen molar-refractivity contribution in [2.75, 3.05) is 0 Å². The first-order chi connectivity index (χ1) is 2.80. The first-order valence-corrected chi connectivity index (χ1v) is 1.84. The normalized spacial score (nSPS) is 30.2. The summed E-state index contributed by atoms with van der Waals surface area (Å²) in [6, 6.07) is 0. The maximum atomic E-state index is 9.98. The lowest BCUT2D eigenvalue weighted by molar-refractivity contribution is -0.138. The molecule has 31 valence electrons. The van der Waals surface area contributed by atoms with Gasteiger partial charge in [-0.3, -0.25) is 4.79 Å². The maximum Gasteiger partial charge on any atom is 0.388 e. The van der Waals surface area contributed by atoms with Crippen LogP contribution >= 0.6 is 0 Å². The molecule has 0 aromatic heterocycles. The van der Waals surface area contributed by atoms with Gasteiger partial charge in [-0.25, -0.2) is 0 Å². The second-order valence-corrected chi connectivity index (χ2v) is 1.36. The standard InChI is InChI=1S/C3H4BO2/c1-2-3(5)6-4-2/h2H,1H3. The van der Waals surface area contributed by atoms with Crippen LogP contribution in [0.1, 0.15) is 6.92 Å². The summed E-state index contributed by atoms with van der Waals surface area (Å²) in [7, 11) is 1.52. The van der Waals surface area contributed by atoms with Crippen molar-refractivity contribution in [2.45, 2.75) is 12.7 Å². The lowest BCUT2D eigenvalue weighted by Gasteiger charge is -2.17. The number of hydrogen-bond donors (Lipinski definition) is 0. The van der Waals surface area contributed by atoms with Gasteiger partial charge in [-0.05, 0) is 0 Å². The Morgan fingerprint density at radius 1 is 2.00 bits per heavy atom. The zero-order valence-electron chi connectivity index (χ0n) is 3.47. The molecule has 1 aliphatic heterocycles. The van der Waals surface area contributed by atoms with Crippen molar-refractivity contribution in [2.24, 2.45) is 0 Å². The fraction of sp³-hybridized carbons (Fsp3) is 0.667. The molecule has 0 N–H and O–H groups in total. The summed E-state index contributed by atoms with van der Waals surface area (Å²) in [5.41, 5.74) is 0. The first kappa shape index (κ1) is 3.72. The van der Waals surface area contributed by atoms with Crippen molar-refractivity contribution < 1.29 is 9.45 Å². The van der Waals surface area contributed by atoms with Crippen LogP contribution < -0.4 is 0 Å². The Bertz CT molecular complexity index is 80.9. The summed E-state index contributed by atoms with van der Waals surface area (Å²) in [6.45, 7) is 1.80. The van der Waals surface area contributed by atoms with E-state index in [0.29, 0.717) is 0 Å². The third-order valence-electron chi connectivity index (χ3n) is 0.760. The lowest BCUT2D eigenvalue weighted by atomic mass is 9.76. The Kier molecular flexibility index (Phi) is 0.618. The monoisotopic (exact) mass is 83.0 g/mol. The van der Waals surface area contributed by atoms with E-state index in [2.05, 4.69) is 4.65 Å². The molecule has 1 atom stereocenters. The molecule has 0 aromatic carbocycles. The SMILES string of the molecule is CC1[B]OC1=O. The second kappa shape index (κ2) is 0.998. The van der Waals surface area contributed by atoms with Crippen LogP contribution in [0.3, 0.4) is 0 Å². The zero-order chi connectivity index (χ0) is 4.57. The van der Waals surface area contributed by atoms with E-state index in [1.54, 1.807) is 6.92 Å². The third-order valence-corrected chi connectivity index (χ3v) is 0.760. The van der Waals surface area contributed by atoms with Crippen LogP contribution in [0, 0.1) is 0 Å². The Labute approximate surface area is 36.8 Å². The van der Waals surface area contributed by atoms with Gasteiger partial charge in [0.05, 0.1) is 5.82 Å². The molecule has 1 rings (SSSR count). The highest BCUT2D eigenvalue weighted by atomic mass is 16.5. The Balaban J connectivity index is 2.39. The van der Waals surface area contributed by atoms with E-state index in [1.165, 1.54) is 7.48 Å². The second-order valence-electron chi connectivity index (χ2n) is 1.36. The molecule has 1 fully saturated rings. The summed E-state index contributed by atoms with van der Waals surface area (Å²) in [6.07, 6.45) is 0. The van der Waals surface area contributed by atoms with E-state index in [-0.39, 0.29) is 11.8 Å². The summed E-state index contributed by atoms with van der Waals surface area (Å²) >= 11 is 0. The molecule has 0 aromatic rings. The maximum absolute atomic E-state index is 9.98. The van der Waals surface area contributed by atoms with Crippen molar-refractivity contribution in [1.29, 1.82) is 0 Å². The lowest BCUT2D eigenvalue weighted by Crippen LogP contribution is -2.30. The van der Waals surface area contributed by atoms with Crippen LogP contribution in [0.15, 0.2) is 0 Å². The van der Waals surface area contributed by atoms with E-state index in [0.717, 1.165) is 0 Å². The van der Waals surface area contributed by atoms with Crippen LogP contribution in [0.2, 0.25) is 5.82 Å². The smallest absolute Gasteiger partial charge is 0.388 e. The molecular formula is C3H4BO2. The highest BCUT2D eigenvalue weighted by molar-refractivity contribution is 6.47. The van der Waals surface area contributed by atoms with Gasteiger partial charge in [-0.1, -0.05) is 6.92 Å². The number of carbonyl (C=O) groups excluding carboxylic acids is 1. The average Bonchev–Trinajstić information content (AvgIpc) is 1.61. The molecule has 3 heteroatoms. The minimum atomic E-state index is -0.116. The summed E-state index contributed by atoms with van der Waals surface area (Å²) in [5.74, 6) is -0.0694. The largest absolute Gasteiger partial charge is 0.538 e. The Morgan fingerprint density at radius 2 is 2.50 bits per heavy atom. The third kappa shape index (κ3) is 0.312. The van der Waals surface area contributed by atoms with E-state index in [1.807, 2.05) is 0 Å². The number of rotatable bonds is 0. The molecule has 1 saturated heterocycles. The minimum Gasteiger partial charge on any atom is -0.538 e. The van der Waals surface area contributed by atoms with Crippen molar-refractivity contribution in [3.63, 3.8) is 0 Å². The number of carbonyl (C=O) groups is 1. The van der Waals surface area contributed by atoms with Gasteiger partial charge >= 0.3 is 7.48 Å². The molecule has 6 heavy (non-hydrogen) atoms. The van der Waals surface area contributed by atoms with E-state index in [9.17, 15) is 4.79 Å². The zero-order valence-corrected chi connectivity index (χ0v) is 3.47. The van der Waals surface area contributed by atoms with Crippen LogP contribution in [-0.2, 0) is 9.45 Å². The van der Waals surface area contributed by atoms with Crippen molar-refractivity contribution in [3.8, 4) is 0 Å². The van der Waals surface area contributed by atoms with E-state index in [4.69, 9.17) is 0 Å². The molecule has 2 nitrogen and oxygen atoms in total. The molecule has 1 radical (unpaired) electrons. The predicted molar refractivity (Wildman–Crippen MR) is 21.3 cm³/mol. The quantitative estimate of drug-likeness (QED) is 0.384. The number of hydrogen-bond acceptors (Lipinski definition) is 2. The molecule has 0 bridgehead atoms. The predicted octanol–water partition coefficient (Wildman–Crippen LogP) is -0.0292. The molecule has 0 spiro atoms. The van der Waals surface area contributed by atoms with Crippen LogP contribution in [-0.4, -0.2) is 13.5 Å². The van der Waals surface area contributed by atoms with Crippen molar-refractivity contribution in [1.82, 2.24) is 0 Å². The van der Waals surface area contributed by atoms with Gasteiger partial charge in [0.1, 0.15) is 0 Å². The van der Waals surface area contributed by atoms with Gasteiger partial charge in [0.25, 0.3) is 5.97 Å². The van der Waals surface area contributed by atoms with Gasteiger partial charge in [-0.15, -0.1) is 0 Å². The summed E-state index contributed by atoms with van der Waals surface area (Å²) in [4.78, 5) is 9.98. The molecule has 0 aliphatic carbocycles. The van der Waals surface area contributed by atoms with Gasteiger partial charge in [0, 0.05) is 0 Å². The summed E-state index contributed by atoms with van der Waals surface area (Å²) < 4.78 is 4.28. The van der Waals surface area contributed by atoms with Gasteiger partial charge in [0.15, 0.2) is 0 Å². The minimum absolute atomic E-state index is 0.0463. The van der Waals surface area contributed by atoms with Crippen LogP contribution in [0.25, 0.3) is 0 Å². The molecule has 1 unspecified atom stereocenters. The summed E-state index contributed by atoms with van der Waals surface area (Å²) in [5, 5.41) is 0. The van der Waals surface area contributed by atoms with Crippen LogP contribution in [0.4, 0.5) is 0 Å². The molecule has 0 saturated carbocycles. The van der Waals surface area contributed by atoms with E-state index < -0.39 is 0 Å². The van der Waals surface area contributed by atoms with Gasteiger partial charge in [0.2, 0.25) is 0 Å². The Hall–Kier alpha value is -0.465. The highest BCUT2D eigenvalue weighted by Crippen LogP contribution is 2.13. The van der Waals surface area contributed by atoms with Crippen molar-refractivity contribution >= 4 is 13.5 Å². The Morgan fingerprint density at radius 3 is 2.50 bits per heavy atom. The van der Waals surface area contributed by atoms with Gasteiger partial charge in [-0.2, -0.15) is 0 Å².